The first-order valence-electron chi connectivity index (χ1n) is 7.73. The van der Waals surface area contributed by atoms with Crippen molar-refractivity contribution in [1.29, 1.82) is 0 Å². The maximum Gasteiger partial charge on any atom is 0.237 e. The number of hydrogen-bond donors (Lipinski definition) is 3. The lowest BCUT2D eigenvalue weighted by Crippen LogP contribution is -2.40. The second-order valence-corrected chi connectivity index (χ2v) is 7.26. The van der Waals surface area contributed by atoms with Crippen molar-refractivity contribution in [2.45, 2.75) is 31.8 Å². The summed E-state index contributed by atoms with van der Waals surface area (Å²) in [5.41, 5.74) is 1.22. The molecule has 0 aliphatic carbocycles. The third-order valence-corrected chi connectivity index (χ3v) is 5.17. The van der Waals surface area contributed by atoms with Crippen molar-refractivity contribution < 1.29 is 4.79 Å². The highest BCUT2D eigenvalue weighted by Gasteiger charge is 2.41. The summed E-state index contributed by atoms with van der Waals surface area (Å²) in [4.78, 5) is 12.4. The number of amides is 1. The molecule has 2 aliphatic rings. The standard InChI is InChI=1S/C16H21Cl2N3O/c17-12-5-11(6-13(18)7-12)9-20-15(22)14-8-16(10-21-14)1-3-19-4-2-16/h5-7,14,19,21H,1-4,8-10H2,(H,20,22). The second kappa shape index (κ2) is 6.75. The van der Waals surface area contributed by atoms with E-state index in [1.165, 1.54) is 0 Å². The van der Waals surface area contributed by atoms with Crippen LogP contribution in [0.4, 0.5) is 0 Å². The van der Waals surface area contributed by atoms with Gasteiger partial charge in [0.25, 0.3) is 0 Å². The first kappa shape index (κ1) is 16.1. The van der Waals surface area contributed by atoms with Crippen molar-refractivity contribution in [2.24, 2.45) is 5.41 Å². The molecule has 6 heteroatoms. The number of carbonyl (C=O) groups excluding carboxylic acids is 1. The fourth-order valence-corrected chi connectivity index (χ4v) is 4.04. The highest BCUT2D eigenvalue weighted by atomic mass is 35.5. The lowest BCUT2D eigenvalue weighted by molar-refractivity contribution is -0.123. The first-order chi connectivity index (χ1) is 10.6. The van der Waals surface area contributed by atoms with Gasteiger partial charge in [-0.1, -0.05) is 23.2 Å². The Kier molecular flexibility index (Phi) is 4.93. The van der Waals surface area contributed by atoms with Crippen LogP contribution in [0.3, 0.4) is 0 Å². The first-order valence-corrected chi connectivity index (χ1v) is 8.49. The molecule has 1 atom stereocenters. The minimum absolute atomic E-state index is 0.0616. The van der Waals surface area contributed by atoms with Gasteiger partial charge in [0.1, 0.15) is 0 Å². The highest BCUT2D eigenvalue weighted by molar-refractivity contribution is 6.34. The van der Waals surface area contributed by atoms with Crippen molar-refractivity contribution in [3.05, 3.63) is 33.8 Å². The van der Waals surface area contributed by atoms with E-state index in [-0.39, 0.29) is 11.9 Å². The largest absolute Gasteiger partial charge is 0.351 e. The Labute approximate surface area is 140 Å². The zero-order valence-electron chi connectivity index (χ0n) is 12.4. The molecule has 3 N–H and O–H groups in total. The number of carbonyl (C=O) groups is 1. The molecule has 0 saturated carbocycles. The SMILES string of the molecule is O=C(NCc1cc(Cl)cc(Cl)c1)C1CC2(CCNCC2)CN1. The zero-order chi connectivity index (χ0) is 15.6. The molecular formula is C16H21Cl2N3O. The molecule has 1 unspecified atom stereocenters. The lowest BCUT2D eigenvalue weighted by atomic mass is 9.77. The predicted molar refractivity (Wildman–Crippen MR) is 89.3 cm³/mol. The van der Waals surface area contributed by atoms with Crippen molar-refractivity contribution in [3.8, 4) is 0 Å². The van der Waals surface area contributed by atoms with Gasteiger partial charge in [-0.2, -0.15) is 0 Å². The van der Waals surface area contributed by atoms with Crippen molar-refractivity contribution in [3.63, 3.8) is 0 Å². The van der Waals surface area contributed by atoms with E-state index in [1.807, 2.05) is 12.1 Å². The molecule has 1 aromatic rings. The number of hydrogen-bond acceptors (Lipinski definition) is 3. The molecule has 3 rings (SSSR count). The molecule has 1 amide bonds. The van der Waals surface area contributed by atoms with Gasteiger partial charge in [0.15, 0.2) is 0 Å². The molecule has 2 saturated heterocycles. The summed E-state index contributed by atoms with van der Waals surface area (Å²) in [6.45, 7) is 3.50. The maximum absolute atomic E-state index is 12.4. The van der Waals surface area contributed by atoms with Crippen LogP contribution in [-0.4, -0.2) is 31.6 Å². The highest BCUT2D eigenvalue weighted by Crippen LogP contribution is 2.37. The van der Waals surface area contributed by atoms with E-state index in [9.17, 15) is 4.79 Å². The van der Waals surface area contributed by atoms with Crippen LogP contribution in [0.25, 0.3) is 0 Å². The molecule has 4 nitrogen and oxygen atoms in total. The van der Waals surface area contributed by atoms with Crippen LogP contribution >= 0.6 is 23.2 Å². The summed E-state index contributed by atoms with van der Waals surface area (Å²) in [5, 5.41) is 10.9. The number of rotatable bonds is 3. The van der Waals surface area contributed by atoms with Gasteiger partial charge in [0, 0.05) is 23.1 Å². The smallest absolute Gasteiger partial charge is 0.237 e. The Bertz CT molecular complexity index is 538. The molecule has 1 aromatic carbocycles. The van der Waals surface area contributed by atoms with Crippen molar-refractivity contribution >= 4 is 29.1 Å². The Hall–Kier alpha value is -0.810. The molecule has 2 aliphatic heterocycles. The maximum atomic E-state index is 12.4. The third kappa shape index (κ3) is 3.74. The minimum atomic E-state index is -0.0900. The summed E-state index contributed by atoms with van der Waals surface area (Å²) in [6.07, 6.45) is 3.22. The van der Waals surface area contributed by atoms with Gasteiger partial charge >= 0.3 is 0 Å². The van der Waals surface area contributed by atoms with E-state index >= 15 is 0 Å². The number of nitrogens with one attached hydrogen (secondary N) is 3. The Morgan fingerprint density at radius 3 is 2.59 bits per heavy atom. The molecular weight excluding hydrogens is 321 g/mol. The van der Waals surface area contributed by atoms with Gasteiger partial charge in [-0.3, -0.25) is 4.79 Å². The van der Waals surface area contributed by atoms with E-state index in [1.54, 1.807) is 6.07 Å². The molecule has 0 aromatic heterocycles. The average molecular weight is 342 g/mol. The van der Waals surface area contributed by atoms with Crippen LogP contribution < -0.4 is 16.0 Å². The van der Waals surface area contributed by atoms with Crippen LogP contribution in [0.15, 0.2) is 18.2 Å². The normalized spacial score (nSPS) is 23.6. The summed E-state index contributed by atoms with van der Waals surface area (Å²) in [5.74, 6) is 0.0616. The van der Waals surface area contributed by atoms with Crippen LogP contribution in [0.2, 0.25) is 10.0 Å². The van der Waals surface area contributed by atoms with Crippen LogP contribution in [-0.2, 0) is 11.3 Å². The van der Waals surface area contributed by atoms with Crippen LogP contribution in [0, 0.1) is 5.41 Å². The monoisotopic (exact) mass is 341 g/mol. The average Bonchev–Trinajstić information content (AvgIpc) is 2.88. The van der Waals surface area contributed by atoms with Crippen LogP contribution in [0.5, 0.6) is 0 Å². The lowest BCUT2D eigenvalue weighted by Gasteiger charge is -2.33. The van der Waals surface area contributed by atoms with E-state index in [0.29, 0.717) is 22.0 Å². The predicted octanol–water partition coefficient (Wildman–Crippen LogP) is 2.34. The third-order valence-electron chi connectivity index (χ3n) is 4.73. The number of halogens is 2. The van der Waals surface area contributed by atoms with E-state index in [2.05, 4.69) is 16.0 Å². The molecule has 22 heavy (non-hydrogen) atoms. The molecule has 0 bridgehead atoms. The van der Waals surface area contributed by atoms with Crippen molar-refractivity contribution in [1.82, 2.24) is 16.0 Å². The Morgan fingerprint density at radius 1 is 1.23 bits per heavy atom. The molecule has 0 radical (unpaired) electrons. The Balaban J connectivity index is 1.54. The van der Waals surface area contributed by atoms with E-state index in [0.717, 1.165) is 44.5 Å². The van der Waals surface area contributed by atoms with Gasteiger partial charge in [0.2, 0.25) is 5.91 Å². The fraction of sp³-hybridized carbons (Fsp3) is 0.562. The fourth-order valence-electron chi connectivity index (χ4n) is 3.47. The van der Waals surface area contributed by atoms with E-state index in [4.69, 9.17) is 23.2 Å². The molecule has 1 spiro atoms. The molecule has 2 fully saturated rings. The van der Waals surface area contributed by atoms with E-state index < -0.39 is 0 Å². The summed E-state index contributed by atoms with van der Waals surface area (Å²) >= 11 is 11.9. The topological polar surface area (TPSA) is 53.2 Å². The second-order valence-electron chi connectivity index (χ2n) is 6.38. The van der Waals surface area contributed by atoms with Gasteiger partial charge in [-0.15, -0.1) is 0 Å². The number of piperidine rings is 1. The molecule has 2 heterocycles. The van der Waals surface area contributed by atoms with Crippen LogP contribution in [0.1, 0.15) is 24.8 Å². The summed E-state index contributed by atoms with van der Waals surface area (Å²) in [7, 11) is 0. The Morgan fingerprint density at radius 2 is 1.91 bits per heavy atom. The van der Waals surface area contributed by atoms with Gasteiger partial charge in [-0.05, 0) is 61.5 Å². The van der Waals surface area contributed by atoms with Gasteiger partial charge < -0.3 is 16.0 Å². The minimum Gasteiger partial charge on any atom is -0.351 e. The van der Waals surface area contributed by atoms with Gasteiger partial charge in [-0.25, -0.2) is 0 Å². The molecule has 120 valence electrons. The van der Waals surface area contributed by atoms with Gasteiger partial charge in [0.05, 0.1) is 6.04 Å². The summed E-state index contributed by atoms with van der Waals surface area (Å²) in [6, 6.07) is 5.25. The quantitative estimate of drug-likeness (QED) is 0.790. The summed E-state index contributed by atoms with van der Waals surface area (Å²) < 4.78 is 0. The zero-order valence-corrected chi connectivity index (χ0v) is 13.9. The number of benzene rings is 1. The van der Waals surface area contributed by atoms with Crippen molar-refractivity contribution in [2.75, 3.05) is 19.6 Å².